The number of rotatable bonds is 3. The molecule has 5 aromatic rings. The van der Waals surface area contributed by atoms with Crippen LogP contribution < -0.4 is 5.32 Å². The van der Waals surface area contributed by atoms with Crippen molar-refractivity contribution in [3.05, 3.63) is 84.9 Å². The van der Waals surface area contributed by atoms with E-state index in [2.05, 4.69) is 26.4 Å². The van der Waals surface area contributed by atoms with E-state index in [1.807, 2.05) is 61.9 Å². The second-order valence-corrected chi connectivity index (χ2v) is 6.90. The Bertz CT molecular complexity index is 1370. The molecule has 3 aromatic heterocycles. The number of benzene rings is 2. The highest BCUT2D eigenvalue weighted by Crippen LogP contribution is 2.25. The van der Waals surface area contributed by atoms with E-state index in [0.717, 1.165) is 32.8 Å². The predicted octanol–water partition coefficient (Wildman–Crippen LogP) is 4.44. The summed E-state index contributed by atoms with van der Waals surface area (Å²) in [7, 11) is 1.89. The van der Waals surface area contributed by atoms with Gasteiger partial charge in [0, 0.05) is 47.5 Å². The van der Waals surface area contributed by atoms with Crippen LogP contribution in [0, 0.1) is 0 Å². The van der Waals surface area contributed by atoms with Crippen LogP contribution in [0.25, 0.3) is 32.8 Å². The lowest BCUT2D eigenvalue weighted by atomic mass is 10.0. The Balaban J connectivity index is 1.45. The summed E-state index contributed by atoms with van der Waals surface area (Å²) >= 11 is 0. The third-order valence-electron chi connectivity index (χ3n) is 4.87. The smallest absolute Gasteiger partial charge is 0.256 e. The fraction of sp³-hybridized carbons (Fsp3) is 0.0435. The number of anilines is 1. The number of fused-ring (bicyclic) bond motifs is 2. The zero-order valence-corrected chi connectivity index (χ0v) is 15.7. The van der Waals surface area contributed by atoms with E-state index in [1.54, 1.807) is 23.1 Å². The van der Waals surface area contributed by atoms with Crippen molar-refractivity contribution in [1.82, 2.24) is 19.7 Å². The van der Waals surface area contributed by atoms with Crippen molar-refractivity contribution in [1.29, 1.82) is 0 Å². The summed E-state index contributed by atoms with van der Waals surface area (Å²) in [5.41, 5.74) is 3.53. The molecular weight excluding hydrogens is 362 g/mol. The molecule has 6 nitrogen and oxygen atoms in total. The van der Waals surface area contributed by atoms with Crippen LogP contribution in [0.2, 0.25) is 0 Å². The van der Waals surface area contributed by atoms with Gasteiger partial charge in [-0.1, -0.05) is 18.2 Å². The molecule has 0 fully saturated rings. The van der Waals surface area contributed by atoms with E-state index < -0.39 is 0 Å². The first-order chi connectivity index (χ1) is 14.2. The van der Waals surface area contributed by atoms with Gasteiger partial charge in [-0.15, -0.1) is 0 Å². The third kappa shape index (κ3) is 3.32. The maximum Gasteiger partial charge on any atom is 0.256 e. The Morgan fingerprint density at radius 3 is 2.69 bits per heavy atom. The van der Waals surface area contributed by atoms with Crippen LogP contribution in [0.5, 0.6) is 0 Å². The van der Waals surface area contributed by atoms with Crippen molar-refractivity contribution in [2.45, 2.75) is 0 Å². The molecule has 0 spiro atoms. The average Bonchev–Trinajstić information content (AvgIpc) is 3.19. The number of hydrogen-bond acceptors (Lipinski definition) is 4. The van der Waals surface area contributed by atoms with Gasteiger partial charge in [0.1, 0.15) is 5.82 Å². The fourth-order valence-corrected chi connectivity index (χ4v) is 3.36. The number of aromatic nitrogens is 4. The Labute approximate surface area is 166 Å². The first kappa shape index (κ1) is 17.1. The molecule has 0 aliphatic rings. The number of carbonyl (C=O) groups excluding carboxylic acids is 1. The molecule has 140 valence electrons. The Kier molecular flexibility index (Phi) is 4.02. The van der Waals surface area contributed by atoms with Crippen LogP contribution in [-0.4, -0.2) is 25.7 Å². The molecule has 0 atom stereocenters. The molecule has 3 heterocycles. The topological polar surface area (TPSA) is 72.7 Å². The standard InChI is InChI=1S/C23H17N5O/c1-28-14-20(13-26-28)15-4-5-18-12-25-22(11-19(18)9-15)27-23(29)17-6-7-21-16(10-17)3-2-8-24-21/h2-14H,1H3,(H,25,27,29). The van der Waals surface area contributed by atoms with Gasteiger partial charge in [-0.25, -0.2) is 4.98 Å². The molecule has 1 amide bonds. The molecule has 29 heavy (non-hydrogen) atoms. The molecule has 2 aromatic carbocycles. The quantitative estimate of drug-likeness (QED) is 0.503. The van der Waals surface area contributed by atoms with Crippen LogP contribution in [0.15, 0.2) is 79.4 Å². The normalized spacial score (nSPS) is 11.1. The summed E-state index contributed by atoms with van der Waals surface area (Å²) in [6.45, 7) is 0. The lowest BCUT2D eigenvalue weighted by molar-refractivity contribution is 0.102. The highest BCUT2D eigenvalue weighted by molar-refractivity contribution is 6.06. The second-order valence-electron chi connectivity index (χ2n) is 6.90. The lowest BCUT2D eigenvalue weighted by Gasteiger charge is -2.07. The van der Waals surface area contributed by atoms with E-state index in [9.17, 15) is 4.79 Å². The van der Waals surface area contributed by atoms with Crippen molar-refractivity contribution < 1.29 is 4.79 Å². The number of hydrogen-bond donors (Lipinski definition) is 1. The number of amides is 1. The molecular formula is C23H17N5O. The summed E-state index contributed by atoms with van der Waals surface area (Å²) in [6, 6.07) is 17.3. The van der Waals surface area contributed by atoms with E-state index in [-0.39, 0.29) is 5.91 Å². The minimum Gasteiger partial charge on any atom is -0.307 e. The molecule has 0 aliphatic heterocycles. The van der Waals surface area contributed by atoms with E-state index >= 15 is 0 Å². The van der Waals surface area contributed by atoms with Crippen molar-refractivity contribution in [3.63, 3.8) is 0 Å². The molecule has 0 unspecified atom stereocenters. The first-order valence-electron chi connectivity index (χ1n) is 9.21. The maximum atomic E-state index is 12.7. The minimum absolute atomic E-state index is 0.203. The zero-order chi connectivity index (χ0) is 19.8. The molecule has 0 saturated heterocycles. The van der Waals surface area contributed by atoms with Crippen molar-refractivity contribution in [3.8, 4) is 11.1 Å². The first-order valence-corrected chi connectivity index (χ1v) is 9.21. The summed E-state index contributed by atoms with van der Waals surface area (Å²) in [4.78, 5) is 21.4. The highest BCUT2D eigenvalue weighted by Gasteiger charge is 2.09. The molecule has 6 heteroatoms. The Morgan fingerprint density at radius 2 is 1.83 bits per heavy atom. The zero-order valence-electron chi connectivity index (χ0n) is 15.7. The van der Waals surface area contributed by atoms with Gasteiger partial charge in [0.05, 0.1) is 11.7 Å². The maximum absolute atomic E-state index is 12.7. The predicted molar refractivity (Wildman–Crippen MR) is 114 cm³/mol. The van der Waals surface area contributed by atoms with Crippen LogP contribution in [-0.2, 0) is 7.05 Å². The average molecular weight is 379 g/mol. The largest absolute Gasteiger partial charge is 0.307 e. The van der Waals surface area contributed by atoms with E-state index in [1.165, 1.54) is 0 Å². The van der Waals surface area contributed by atoms with Gasteiger partial charge in [0.25, 0.3) is 5.91 Å². The molecule has 0 bridgehead atoms. The monoisotopic (exact) mass is 379 g/mol. The van der Waals surface area contributed by atoms with E-state index in [4.69, 9.17) is 0 Å². The van der Waals surface area contributed by atoms with Gasteiger partial charge >= 0.3 is 0 Å². The molecule has 1 N–H and O–H groups in total. The highest BCUT2D eigenvalue weighted by atomic mass is 16.1. The van der Waals surface area contributed by atoms with Gasteiger partial charge in [0.2, 0.25) is 0 Å². The van der Waals surface area contributed by atoms with Gasteiger partial charge in [-0.05, 0) is 47.3 Å². The molecule has 5 rings (SSSR count). The number of carbonyl (C=O) groups is 1. The van der Waals surface area contributed by atoms with Gasteiger partial charge in [0.15, 0.2) is 0 Å². The number of nitrogens with one attached hydrogen (secondary N) is 1. The van der Waals surface area contributed by atoms with Gasteiger partial charge in [-0.3, -0.25) is 14.5 Å². The molecule has 0 aliphatic carbocycles. The number of pyridine rings is 2. The van der Waals surface area contributed by atoms with Gasteiger partial charge < -0.3 is 5.32 Å². The minimum atomic E-state index is -0.203. The van der Waals surface area contributed by atoms with Crippen molar-refractivity contribution >= 4 is 33.4 Å². The number of nitrogens with zero attached hydrogens (tertiary/aromatic N) is 4. The van der Waals surface area contributed by atoms with Crippen molar-refractivity contribution in [2.24, 2.45) is 7.05 Å². The molecule has 0 saturated carbocycles. The summed E-state index contributed by atoms with van der Waals surface area (Å²) in [5, 5.41) is 10.0. The number of aryl methyl sites for hydroxylation is 1. The third-order valence-corrected chi connectivity index (χ3v) is 4.87. The van der Waals surface area contributed by atoms with E-state index in [0.29, 0.717) is 11.4 Å². The SMILES string of the molecule is Cn1cc(-c2ccc3cnc(NC(=O)c4ccc5ncccc5c4)cc3c2)cn1. The summed E-state index contributed by atoms with van der Waals surface area (Å²) in [5.74, 6) is 0.308. The summed E-state index contributed by atoms with van der Waals surface area (Å²) < 4.78 is 1.77. The fourth-order valence-electron chi connectivity index (χ4n) is 3.36. The second kappa shape index (κ2) is 6.83. The van der Waals surface area contributed by atoms with Gasteiger partial charge in [-0.2, -0.15) is 5.10 Å². The van der Waals surface area contributed by atoms with Crippen LogP contribution in [0.3, 0.4) is 0 Å². The van der Waals surface area contributed by atoms with Crippen molar-refractivity contribution in [2.75, 3.05) is 5.32 Å². The van der Waals surface area contributed by atoms with Crippen LogP contribution >= 0.6 is 0 Å². The van der Waals surface area contributed by atoms with Crippen LogP contribution in [0.4, 0.5) is 5.82 Å². The Morgan fingerprint density at radius 1 is 0.897 bits per heavy atom. The lowest BCUT2D eigenvalue weighted by Crippen LogP contribution is -2.12. The molecule has 0 radical (unpaired) electrons. The van der Waals surface area contributed by atoms with Crippen LogP contribution in [0.1, 0.15) is 10.4 Å². The summed E-state index contributed by atoms with van der Waals surface area (Å²) in [6.07, 6.45) is 7.31. The Hall–Kier alpha value is -4.06.